The molecule has 7 aromatic carbocycles. The molecule has 56 heavy (non-hydrogen) atoms. The molecule has 1 aliphatic carbocycles. The lowest BCUT2D eigenvalue weighted by Crippen LogP contribution is -2.30. The molecule has 0 radical (unpaired) electrons. The van der Waals surface area contributed by atoms with Crippen molar-refractivity contribution in [3.8, 4) is 27.9 Å². The molecule has 0 bridgehead atoms. The fourth-order valence-electron chi connectivity index (χ4n) is 8.54. The van der Waals surface area contributed by atoms with Gasteiger partial charge in [-0.05, 0) is 82.6 Å². The number of aliphatic imine (C=N–C) groups is 1. The lowest BCUT2D eigenvalue weighted by Gasteiger charge is -2.25. The predicted molar refractivity (Wildman–Crippen MR) is 232 cm³/mol. The van der Waals surface area contributed by atoms with E-state index in [1.807, 2.05) is 6.07 Å². The van der Waals surface area contributed by atoms with E-state index in [0.29, 0.717) is 0 Å². The second kappa shape index (κ2) is 13.3. The Morgan fingerprint density at radius 1 is 0.536 bits per heavy atom. The summed E-state index contributed by atoms with van der Waals surface area (Å²) in [6.45, 7) is 0. The minimum absolute atomic E-state index is 0.315. The molecule has 0 fully saturated rings. The number of benzene rings is 7. The van der Waals surface area contributed by atoms with E-state index in [4.69, 9.17) is 9.41 Å². The molecule has 2 aliphatic rings. The molecule has 9 aromatic rings. The predicted octanol–water partition coefficient (Wildman–Crippen LogP) is 11.4. The second-order valence-electron chi connectivity index (χ2n) is 14.7. The molecule has 266 valence electrons. The van der Waals surface area contributed by atoms with Gasteiger partial charge in [0, 0.05) is 38.0 Å². The molecule has 0 amide bonds. The first kappa shape index (κ1) is 32.3. The number of hydrogen-bond donors (Lipinski definition) is 1. The zero-order chi connectivity index (χ0) is 37.0. The lowest BCUT2D eigenvalue weighted by molar-refractivity contribution is 0.663. The summed E-state index contributed by atoms with van der Waals surface area (Å²) in [6.07, 6.45) is 8.67. The Kier molecular flexibility index (Phi) is 7.66. The molecule has 4 heteroatoms. The van der Waals surface area contributed by atoms with Crippen LogP contribution in [0.25, 0.3) is 78.6 Å². The van der Waals surface area contributed by atoms with Crippen LogP contribution in [0.2, 0.25) is 0 Å². The number of nitrogens with one attached hydrogen (secondary N) is 1. The molecular formula is C52H37N3O. The van der Waals surface area contributed by atoms with Crippen LogP contribution in [0.15, 0.2) is 185 Å². The van der Waals surface area contributed by atoms with Crippen LogP contribution in [0, 0.1) is 0 Å². The lowest BCUT2D eigenvalue weighted by atomic mass is 9.98. The van der Waals surface area contributed by atoms with Gasteiger partial charge >= 0.3 is 0 Å². The van der Waals surface area contributed by atoms with Gasteiger partial charge in [0.1, 0.15) is 11.7 Å². The van der Waals surface area contributed by atoms with Crippen LogP contribution in [0.3, 0.4) is 0 Å². The SMILES string of the molecule is C1=C(c2ccccc2)NC(c2ccc3c4c(n(-c5cc(-c6ccccc6)cc6c5oc5ccccc56)c3c2)=CCCC=4)N=C1c1cccc(-c2ccccc2)c1. The number of furan rings is 1. The van der Waals surface area contributed by atoms with Gasteiger partial charge in [-0.1, -0.05) is 152 Å². The van der Waals surface area contributed by atoms with E-state index >= 15 is 0 Å². The van der Waals surface area contributed by atoms with Crippen molar-refractivity contribution in [2.75, 3.05) is 0 Å². The third-order valence-electron chi connectivity index (χ3n) is 11.2. The summed E-state index contributed by atoms with van der Waals surface area (Å²) < 4.78 is 9.20. The first-order valence-electron chi connectivity index (χ1n) is 19.4. The summed E-state index contributed by atoms with van der Waals surface area (Å²) in [7, 11) is 0. The van der Waals surface area contributed by atoms with Crippen LogP contribution in [0.5, 0.6) is 0 Å². The van der Waals surface area contributed by atoms with Gasteiger partial charge < -0.3 is 14.3 Å². The normalized spacial score (nSPS) is 15.1. The zero-order valence-corrected chi connectivity index (χ0v) is 30.7. The van der Waals surface area contributed by atoms with Crippen LogP contribution < -0.4 is 15.9 Å². The van der Waals surface area contributed by atoms with Crippen molar-refractivity contribution in [3.05, 3.63) is 203 Å². The van der Waals surface area contributed by atoms with Gasteiger partial charge in [0.2, 0.25) is 0 Å². The minimum Gasteiger partial charge on any atom is -0.454 e. The van der Waals surface area contributed by atoms with Crippen LogP contribution in [0.1, 0.15) is 35.7 Å². The summed E-state index contributed by atoms with van der Waals surface area (Å²) in [5.74, 6) is 0. The van der Waals surface area contributed by atoms with Crippen molar-refractivity contribution in [2.45, 2.75) is 19.0 Å². The Hall–Kier alpha value is -7.17. The van der Waals surface area contributed by atoms with Crippen molar-refractivity contribution in [3.63, 3.8) is 0 Å². The average Bonchev–Trinajstić information content (AvgIpc) is 3.82. The van der Waals surface area contributed by atoms with Crippen LogP contribution in [-0.2, 0) is 0 Å². The molecular weight excluding hydrogens is 683 g/mol. The third kappa shape index (κ3) is 5.49. The van der Waals surface area contributed by atoms with Crippen LogP contribution >= 0.6 is 0 Å². The molecule has 0 saturated carbocycles. The fraction of sp³-hybridized carbons (Fsp3) is 0.0577. The van der Waals surface area contributed by atoms with Crippen molar-refractivity contribution < 1.29 is 4.42 Å². The summed E-state index contributed by atoms with van der Waals surface area (Å²) in [5, 5.41) is 9.76. The number of aromatic nitrogens is 1. The molecule has 1 unspecified atom stereocenters. The van der Waals surface area contributed by atoms with E-state index in [9.17, 15) is 0 Å². The largest absolute Gasteiger partial charge is 0.454 e. The standard InChI is InChI=1S/C52H37N3O/c1-4-15-34(16-5-1)37-21-14-22-38(29-37)46-33-45(36-19-8-3-9-20-36)53-52(54-46)39-27-28-42-41-23-10-12-25-47(41)55(48(42)31-39)49-32-40(35-17-6-2-7-18-35)30-44-43-24-11-13-26-50(43)56-51(44)49/h1-9,11,13-33,52-53H,10,12H2. The highest BCUT2D eigenvalue weighted by atomic mass is 16.3. The molecule has 1 atom stereocenters. The number of allylic oxidation sites excluding steroid dienone is 1. The van der Waals surface area contributed by atoms with Crippen LogP contribution in [0.4, 0.5) is 0 Å². The van der Waals surface area contributed by atoms with Gasteiger partial charge in [0.05, 0.1) is 16.9 Å². The minimum atomic E-state index is -0.315. The van der Waals surface area contributed by atoms with E-state index in [1.54, 1.807) is 0 Å². The van der Waals surface area contributed by atoms with E-state index in [-0.39, 0.29) is 6.17 Å². The molecule has 0 spiro atoms. The van der Waals surface area contributed by atoms with Gasteiger partial charge in [-0.2, -0.15) is 0 Å². The molecule has 3 heterocycles. The molecule has 2 aromatic heterocycles. The summed E-state index contributed by atoms with van der Waals surface area (Å²) in [5.41, 5.74) is 13.9. The van der Waals surface area contributed by atoms with E-state index in [1.165, 1.54) is 32.6 Å². The van der Waals surface area contributed by atoms with Gasteiger partial charge in [-0.25, -0.2) is 0 Å². The monoisotopic (exact) mass is 719 g/mol. The Bertz CT molecular complexity index is 3150. The maximum Gasteiger partial charge on any atom is 0.159 e. The molecule has 1 aliphatic heterocycles. The fourth-order valence-corrected chi connectivity index (χ4v) is 8.54. The third-order valence-corrected chi connectivity index (χ3v) is 11.2. The highest BCUT2D eigenvalue weighted by Crippen LogP contribution is 2.38. The molecule has 0 saturated heterocycles. The Labute approximate surface area is 324 Å². The number of nitrogens with zero attached hydrogens (tertiary/aromatic N) is 2. The van der Waals surface area contributed by atoms with E-state index < -0.39 is 0 Å². The maximum atomic E-state index is 6.77. The van der Waals surface area contributed by atoms with Crippen molar-refractivity contribution >= 4 is 56.4 Å². The van der Waals surface area contributed by atoms with Gasteiger partial charge in [-0.15, -0.1) is 0 Å². The number of hydrogen-bond acceptors (Lipinski definition) is 3. The Morgan fingerprint density at radius 3 is 2.02 bits per heavy atom. The maximum absolute atomic E-state index is 6.77. The van der Waals surface area contributed by atoms with Crippen molar-refractivity contribution in [1.82, 2.24) is 9.88 Å². The smallest absolute Gasteiger partial charge is 0.159 e. The topological polar surface area (TPSA) is 42.5 Å². The van der Waals surface area contributed by atoms with E-state index in [0.717, 1.165) is 79.6 Å². The number of fused-ring (bicyclic) bond motifs is 6. The summed E-state index contributed by atoms with van der Waals surface area (Å²) in [4.78, 5) is 5.44. The zero-order valence-electron chi connectivity index (χ0n) is 30.7. The van der Waals surface area contributed by atoms with Gasteiger partial charge in [-0.3, -0.25) is 4.99 Å². The average molecular weight is 720 g/mol. The van der Waals surface area contributed by atoms with E-state index in [2.05, 4.69) is 192 Å². The summed E-state index contributed by atoms with van der Waals surface area (Å²) in [6, 6.07) is 60.3. The summed E-state index contributed by atoms with van der Waals surface area (Å²) >= 11 is 0. The van der Waals surface area contributed by atoms with Crippen molar-refractivity contribution in [2.24, 2.45) is 4.99 Å². The van der Waals surface area contributed by atoms with Gasteiger partial charge in [0.15, 0.2) is 5.58 Å². The number of rotatable bonds is 6. The molecule has 4 nitrogen and oxygen atoms in total. The highest BCUT2D eigenvalue weighted by molar-refractivity contribution is 6.13. The Balaban J connectivity index is 1.12. The first-order valence-corrected chi connectivity index (χ1v) is 19.4. The second-order valence-corrected chi connectivity index (χ2v) is 14.7. The Morgan fingerprint density at radius 2 is 1.21 bits per heavy atom. The number of para-hydroxylation sites is 1. The van der Waals surface area contributed by atoms with Gasteiger partial charge in [0.25, 0.3) is 0 Å². The molecule has 11 rings (SSSR count). The van der Waals surface area contributed by atoms with Crippen LogP contribution in [-0.4, -0.2) is 10.3 Å². The quantitative estimate of drug-likeness (QED) is 0.186. The molecule has 1 N–H and O–H groups in total. The van der Waals surface area contributed by atoms with Crippen molar-refractivity contribution in [1.29, 1.82) is 0 Å². The highest BCUT2D eigenvalue weighted by Gasteiger charge is 2.23. The first-order chi connectivity index (χ1) is 27.7.